The lowest BCUT2D eigenvalue weighted by Gasteiger charge is -2.08. The molecule has 0 aliphatic rings. The maximum atomic E-state index is 6.08. The van der Waals surface area contributed by atoms with Crippen LogP contribution in [0.4, 0.5) is 0 Å². The minimum absolute atomic E-state index is 0.216. The molecule has 2 rings (SSSR count). The largest absolute Gasteiger partial charge is 0.484 e. The van der Waals surface area contributed by atoms with Crippen LogP contribution in [0.1, 0.15) is 22.9 Å². The van der Waals surface area contributed by atoms with Gasteiger partial charge in [0.2, 0.25) is 5.89 Å². The maximum Gasteiger partial charge on any atom is 0.253 e. The third-order valence-corrected chi connectivity index (χ3v) is 3.05. The molecule has 0 aliphatic heterocycles. The zero-order valence-corrected chi connectivity index (χ0v) is 11.0. The van der Waals surface area contributed by atoms with Crippen LogP contribution in [-0.2, 0) is 13.2 Å². The zero-order valence-electron chi connectivity index (χ0n) is 10.2. The summed E-state index contributed by atoms with van der Waals surface area (Å²) in [6, 6.07) is 3.74. The van der Waals surface area contributed by atoms with Crippen LogP contribution < -0.4 is 10.5 Å². The van der Waals surface area contributed by atoms with E-state index in [0.717, 1.165) is 21.9 Å². The zero-order chi connectivity index (χ0) is 13.1. The summed E-state index contributed by atoms with van der Waals surface area (Å²) in [6.07, 6.45) is 0. The summed E-state index contributed by atoms with van der Waals surface area (Å²) in [5.74, 6) is 1.53. The Labute approximate surface area is 110 Å². The van der Waals surface area contributed by atoms with E-state index in [0.29, 0.717) is 11.8 Å². The second-order valence-electron chi connectivity index (χ2n) is 3.95. The highest BCUT2D eigenvalue weighted by Crippen LogP contribution is 2.26. The molecule has 1 aromatic heterocycles. The topological polar surface area (TPSA) is 74.2 Å². The van der Waals surface area contributed by atoms with E-state index in [2.05, 4.69) is 10.2 Å². The van der Waals surface area contributed by atoms with Crippen molar-refractivity contribution in [2.24, 2.45) is 5.73 Å². The van der Waals surface area contributed by atoms with Gasteiger partial charge in [-0.3, -0.25) is 0 Å². The number of ether oxygens (including phenoxy) is 1. The first-order valence-electron chi connectivity index (χ1n) is 5.51. The van der Waals surface area contributed by atoms with Crippen LogP contribution in [0.15, 0.2) is 16.5 Å². The van der Waals surface area contributed by atoms with Crippen LogP contribution in [0.5, 0.6) is 5.75 Å². The molecule has 0 radical (unpaired) electrons. The van der Waals surface area contributed by atoms with Crippen molar-refractivity contribution in [2.75, 3.05) is 0 Å². The van der Waals surface area contributed by atoms with Gasteiger partial charge in [-0.15, -0.1) is 10.2 Å². The smallest absolute Gasteiger partial charge is 0.253 e. The summed E-state index contributed by atoms with van der Waals surface area (Å²) in [5, 5.41) is 8.33. The van der Waals surface area contributed by atoms with Crippen molar-refractivity contribution in [1.29, 1.82) is 0 Å². The van der Waals surface area contributed by atoms with Gasteiger partial charge in [-0.05, 0) is 37.1 Å². The van der Waals surface area contributed by atoms with Gasteiger partial charge in [0.1, 0.15) is 5.75 Å². The highest BCUT2D eigenvalue weighted by atomic mass is 35.5. The van der Waals surface area contributed by atoms with Crippen LogP contribution in [0.2, 0.25) is 5.02 Å². The van der Waals surface area contributed by atoms with E-state index in [9.17, 15) is 0 Å². The molecule has 0 unspecified atom stereocenters. The second-order valence-corrected chi connectivity index (χ2v) is 4.33. The summed E-state index contributed by atoms with van der Waals surface area (Å²) in [6.45, 7) is 4.31. The Balaban J connectivity index is 2.06. The molecule has 0 amide bonds. The number of nitrogens with zero attached hydrogens (tertiary/aromatic N) is 2. The normalized spacial score (nSPS) is 10.7. The molecule has 0 fully saturated rings. The van der Waals surface area contributed by atoms with E-state index in [-0.39, 0.29) is 13.2 Å². The lowest BCUT2D eigenvalue weighted by atomic mass is 10.1. The van der Waals surface area contributed by atoms with Crippen LogP contribution in [0.3, 0.4) is 0 Å². The molecule has 5 nitrogen and oxygen atoms in total. The second kappa shape index (κ2) is 5.37. The molecule has 1 aromatic carbocycles. The van der Waals surface area contributed by atoms with Crippen molar-refractivity contribution in [2.45, 2.75) is 27.0 Å². The van der Waals surface area contributed by atoms with E-state index in [1.807, 2.05) is 26.0 Å². The Bertz CT molecular complexity index is 531. The molecule has 1 heterocycles. The fourth-order valence-electron chi connectivity index (χ4n) is 1.56. The van der Waals surface area contributed by atoms with E-state index in [4.69, 9.17) is 26.5 Å². The molecule has 0 aliphatic carbocycles. The first-order valence-corrected chi connectivity index (χ1v) is 5.89. The minimum Gasteiger partial charge on any atom is -0.484 e. The molecule has 0 bridgehead atoms. The van der Waals surface area contributed by atoms with Gasteiger partial charge in [0.25, 0.3) is 5.89 Å². The van der Waals surface area contributed by atoms with Crippen molar-refractivity contribution in [3.63, 3.8) is 0 Å². The van der Waals surface area contributed by atoms with Crippen LogP contribution >= 0.6 is 11.6 Å². The Morgan fingerprint density at radius 2 is 1.83 bits per heavy atom. The van der Waals surface area contributed by atoms with E-state index in [1.54, 1.807) is 0 Å². The van der Waals surface area contributed by atoms with Crippen molar-refractivity contribution < 1.29 is 9.15 Å². The van der Waals surface area contributed by atoms with Gasteiger partial charge in [-0.25, -0.2) is 0 Å². The minimum atomic E-state index is 0.216. The number of benzene rings is 1. The van der Waals surface area contributed by atoms with Gasteiger partial charge in [0.15, 0.2) is 6.61 Å². The Kier molecular flexibility index (Phi) is 3.84. The van der Waals surface area contributed by atoms with Crippen LogP contribution in [0.25, 0.3) is 0 Å². The average Bonchev–Trinajstić information content (AvgIpc) is 2.81. The van der Waals surface area contributed by atoms with E-state index in [1.165, 1.54) is 0 Å². The van der Waals surface area contributed by atoms with Gasteiger partial charge in [0.05, 0.1) is 6.54 Å². The first-order chi connectivity index (χ1) is 8.60. The summed E-state index contributed by atoms with van der Waals surface area (Å²) in [4.78, 5) is 0. The lowest BCUT2D eigenvalue weighted by molar-refractivity contribution is 0.259. The number of halogens is 1. The number of aryl methyl sites for hydroxylation is 2. The molecular weight excluding hydrogens is 254 g/mol. The molecule has 0 saturated carbocycles. The Morgan fingerprint density at radius 1 is 1.22 bits per heavy atom. The number of hydrogen-bond donors (Lipinski definition) is 1. The van der Waals surface area contributed by atoms with Gasteiger partial charge < -0.3 is 14.9 Å². The molecule has 0 spiro atoms. The SMILES string of the molecule is Cc1cc(OCc2nnc(CN)o2)cc(C)c1Cl. The van der Waals surface area contributed by atoms with Crippen molar-refractivity contribution in [3.8, 4) is 5.75 Å². The lowest BCUT2D eigenvalue weighted by Crippen LogP contribution is -1.97. The van der Waals surface area contributed by atoms with Gasteiger partial charge in [0, 0.05) is 5.02 Å². The maximum absolute atomic E-state index is 6.08. The Morgan fingerprint density at radius 3 is 2.39 bits per heavy atom. The van der Waals surface area contributed by atoms with E-state index >= 15 is 0 Å². The first kappa shape index (κ1) is 12.9. The van der Waals surface area contributed by atoms with Gasteiger partial charge >= 0.3 is 0 Å². The quantitative estimate of drug-likeness (QED) is 0.921. The summed E-state index contributed by atoms with van der Waals surface area (Å²) >= 11 is 6.08. The average molecular weight is 268 g/mol. The molecule has 96 valence electrons. The summed E-state index contributed by atoms with van der Waals surface area (Å²) in [7, 11) is 0. The van der Waals surface area contributed by atoms with E-state index < -0.39 is 0 Å². The predicted molar refractivity (Wildman–Crippen MR) is 67.4 cm³/mol. The van der Waals surface area contributed by atoms with Gasteiger partial charge in [-0.2, -0.15) is 0 Å². The van der Waals surface area contributed by atoms with Crippen LogP contribution in [-0.4, -0.2) is 10.2 Å². The molecule has 6 heteroatoms. The number of aromatic nitrogens is 2. The molecule has 2 N–H and O–H groups in total. The third kappa shape index (κ3) is 2.80. The van der Waals surface area contributed by atoms with Crippen molar-refractivity contribution in [1.82, 2.24) is 10.2 Å². The highest BCUT2D eigenvalue weighted by Gasteiger charge is 2.07. The fraction of sp³-hybridized carbons (Fsp3) is 0.333. The van der Waals surface area contributed by atoms with Crippen molar-refractivity contribution >= 4 is 11.6 Å². The molecule has 18 heavy (non-hydrogen) atoms. The van der Waals surface area contributed by atoms with Crippen molar-refractivity contribution in [3.05, 3.63) is 40.1 Å². The molecule has 0 atom stereocenters. The van der Waals surface area contributed by atoms with Gasteiger partial charge in [-0.1, -0.05) is 11.6 Å². The molecule has 0 saturated heterocycles. The molecular formula is C12H14ClN3O2. The number of hydrogen-bond acceptors (Lipinski definition) is 5. The number of nitrogens with two attached hydrogens (primary N) is 1. The monoisotopic (exact) mass is 267 g/mol. The third-order valence-electron chi connectivity index (χ3n) is 2.46. The highest BCUT2D eigenvalue weighted by molar-refractivity contribution is 6.32. The fourth-order valence-corrected chi connectivity index (χ4v) is 1.67. The van der Waals surface area contributed by atoms with Crippen LogP contribution in [0, 0.1) is 13.8 Å². The predicted octanol–water partition coefficient (Wildman–Crippen LogP) is 2.38. The summed E-state index contributed by atoms with van der Waals surface area (Å²) in [5.41, 5.74) is 7.32. The summed E-state index contributed by atoms with van der Waals surface area (Å²) < 4.78 is 10.8. The Hall–Kier alpha value is -1.59. The number of rotatable bonds is 4. The standard InChI is InChI=1S/C12H14ClN3O2/c1-7-3-9(4-8(2)12(7)13)17-6-11-16-15-10(5-14)18-11/h3-4H,5-6,14H2,1-2H3. The molecule has 2 aromatic rings.